The summed E-state index contributed by atoms with van der Waals surface area (Å²) in [5, 5.41) is 0. The SMILES string of the molecule is c1ccc(-c2ccc(-c3ncco3)c(-c3ccccc3)c2-c2ncco2)cc1. The highest BCUT2D eigenvalue weighted by atomic mass is 16.3. The van der Waals surface area contributed by atoms with Crippen molar-refractivity contribution in [2.75, 3.05) is 0 Å². The zero-order chi connectivity index (χ0) is 18.8. The topological polar surface area (TPSA) is 52.1 Å². The molecule has 0 atom stereocenters. The number of benzene rings is 3. The van der Waals surface area contributed by atoms with E-state index in [0.717, 1.165) is 33.4 Å². The fourth-order valence-corrected chi connectivity index (χ4v) is 3.47. The van der Waals surface area contributed by atoms with Crippen molar-refractivity contribution in [3.8, 4) is 45.2 Å². The average Bonchev–Trinajstić information content (AvgIpc) is 3.48. The Morgan fingerprint density at radius 1 is 0.500 bits per heavy atom. The number of hydrogen-bond acceptors (Lipinski definition) is 4. The second-order valence-electron chi connectivity index (χ2n) is 6.32. The highest BCUT2D eigenvalue weighted by Gasteiger charge is 2.23. The normalized spacial score (nSPS) is 10.9. The number of nitrogens with zero attached hydrogens (tertiary/aromatic N) is 2. The molecule has 0 fully saturated rings. The Bertz CT molecular complexity index is 1180. The summed E-state index contributed by atoms with van der Waals surface area (Å²) in [7, 11) is 0. The van der Waals surface area contributed by atoms with Crippen LogP contribution in [0, 0.1) is 0 Å². The van der Waals surface area contributed by atoms with Crippen LogP contribution in [-0.4, -0.2) is 9.97 Å². The predicted molar refractivity (Wildman–Crippen MR) is 108 cm³/mol. The van der Waals surface area contributed by atoms with Crippen LogP contribution >= 0.6 is 0 Å². The van der Waals surface area contributed by atoms with E-state index in [4.69, 9.17) is 8.83 Å². The summed E-state index contributed by atoms with van der Waals surface area (Å²) in [4.78, 5) is 8.84. The first kappa shape index (κ1) is 16.3. The van der Waals surface area contributed by atoms with Crippen LogP contribution < -0.4 is 0 Å². The van der Waals surface area contributed by atoms with Gasteiger partial charge >= 0.3 is 0 Å². The molecular weight excluding hydrogens is 348 g/mol. The Hall–Kier alpha value is -3.92. The smallest absolute Gasteiger partial charge is 0.227 e. The fourth-order valence-electron chi connectivity index (χ4n) is 3.47. The maximum Gasteiger partial charge on any atom is 0.227 e. The first-order chi connectivity index (χ1) is 13.9. The van der Waals surface area contributed by atoms with Crippen molar-refractivity contribution in [2.24, 2.45) is 0 Å². The van der Waals surface area contributed by atoms with Crippen LogP contribution in [0.2, 0.25) is 0 Å². The lowest BCUT2D eigenvalue weighted by Gasteiger charge is -2.16. The van der Waals surface area contributed by atoms with Gasteiger partial charge in [-0.15, -0.1) is 0 Å². The van der Waals surface area contributed by atoms with E-state index >= 15 is 0 Å². The van der Waals surface area contributed by atoms with Crippen LogP contribution in [0.3, 0.4) is 0 Å². The van der Waals surface area contributed by atoms with Gasteiger partial charge in [-0.1, -0.05) is 66.7 Å². The molecule has 2 heterocycles. The average molecular weight is 364 g/mol. The first-order valence-corrected chi connectivity index (χ1v) is 8.99. The highest BCUT2D eigenvalue weighted by Crippen LogP contribution is 2.44. The second-order valence-corrected chi connectivity index (χ2v) is 6.32. The zero-order valence-electron chi connectivity index (χ0n) is 14.9. The van der Waals surface area contributed by atoms with E-state index in [0.29, 0.717) is 11.8 Å². The molecule has 0 saturated heterocycles. The monoisotopic (exact) mass is 364 g/mol. The van der Waals surface area contributed by atoms with Crippen molar-refractivity contribution in [1.82, 2.24) is 9.97 Å². The predicted octanol–water partition coefficient (Wildman–Crippen LogP) is 6.33. The van der Waals surface area contributed by atoms with Crippen LogP contribution in [0.15, 0.2) is 107 Å². The van der Waals surface area contributed by atoms with E-state index in [1.54, 1.807) is 24.9 Å². The van der Waals surface area contributed by atoms with Crippen molar-refractivity contribution in [3.05, 3.63) is 97.7 Å². The first-order valence-electron chi connectivity index (χ1n) is 8.99. The van der Waals surface area contributed by atoms with Crippen LogP contribution in [0.5, 0.6) is 0 Å². The van der Waals surface area contributed by atoms with Crippen molar-refractivity contribution in [2.45, 2.75) is 0 Å². The molecule has 0 amide bonds. The molecule has 5 rings (SSSR count). The molecule has 5 aromatic rings. The van der Waals surface area contributed by atoms with Crippen LogP contribution in [0.4, 0.5) is 0 Å². The van der Waals surface area contributed by atoms with Crippen molar-refractivity contribution >= 4 is 0 Å². The molecule has 28 heavy (non-hydrogen) atoms. The zero-order valence-corrected chi connectivity index (χ0v) is 14.9. The molecule has 0 radical (unpaired) electrons. The number of oxazole rings is 2. The number of aromatic nitrogens is 2. The fraction of sp³-hybridized carbons (Fsp3) is 0. The Labute approximate surface area is 162 Å². The lowest BCUT2D eigenvalue weighted by molar-refractivity contribution is 0.573. The lowest BCUT2D eigenvalue weighted by atomic mass is 9.88. The quantitative estimate of drug-likeness (QED) is 0.374. The summed E-state index contributed by atoms with van der Waals surface area (Å²) in [6.45, 7) is 0. The maximum atomic E-state index is 5.75. The van der Waals surface area contributed by atoms with E-state index in [9.17, 15) is 0 Å². The highest BCUT2D eigenvalue weighted by molar-refractivity contribution is 5.98. The number of rotatable bonds is 4. The summed E-state index contributed by atoms with van der Waals surface area (Å²) >= 11 is 0. The molecule has 3 aromatic carbocycles. The van der Waals surface area contributed by atoms with Crippen molar-refractivity contribution < 1.29 is 8.83 Å². The third-order valence-electron chi connectivity index (χ3n) is 4.66. The van der Waals surface area contributed by atoms with Crippen LogP contribution in [0.25, 0.3) is 45.2 Å². The molecule has 0 aliphatic heterocycles. The Kier molecular flexibility index (Phi) is 4.07. The minimum Gasteiger partial charge on any atom is -0.445 e. The molecular formula is C24H16N2O2. The molecule has 0 unspecified atom stereocenters. The largest absolute Gasteiger partial charge is 0.445 e. The van der Waals surface area contributed by atoms with E-state index in [1.165, 1.54) is 0 Å². The van der Waals surface area contributed by atoms with Crippen molar-refractivity contribution in [3.63, 3.8) is 0 Å². The third kappa shape index (κ3) is 2.81. The van der Waals surface area contributed by atoms with Gasteiger partial charge in [0.25, 0.3) is 0 Å². The Balaban J connectivity index is 1.90. The van der Waals surface area contributed by atoms with E-state index in [-0.39, 0.29) is 0 Å². The minimum absolute atomic E-state index is 0.561. The van der Waals surface area contributed by atoms with Crippen molar-refractivity contribution in [1.29, 1.82) is 0 Å². The molecule has 4 heteroatoms. The third-order valence-corrected chi connectivity index (χ3v) is 4.66. The molecule has 0 bridgehead atoms. The van der Waals surface area contributed by atoms with E-state index in [2.05, 4.69) is 40.3 Å². The second kappa shape index (κ2) is 7.00. The summed E-state index contributed by atoms with van der Waals surface area (Å²) in [6, 6.07) is 24.5. The summed E-state index contributed by atoms with van der Waals surface area (Å²) in [5.41, 5.74) is 5.96. The molecule has 0 aliphatic carbocycles. The van der Waals surface area contributed by atoms with Gasteiger partial charge < -0.3 is 8.83 Å². The standard InChI is InChI=1S/C24H16N2O2/c1-3-7-17(8-4-1)19-11-12-20(23-25-13-15-27-23)21(18-9-5-2-6-10-18)22(19)24-26-14-16-28-24/h1-16H. The van der Waals surface area contributed by atoms with Crippen LogP contribution in [0.1, 0.15) is 0 Å². The van der Waals surface area contributed by atoms with Gasteiger partial charge in [-0.25, -0.2) is 9.97 Å². The van der Waals surface area contributed by atoms with Gasteiger partial charge in [-0.05, 0) is 22.8 Å². The molecule has 4 nitrogen and oxygen atoms in total. The Morgan fingerprint density at radius 3 is 1.68 bits per heavy atom. The lowest BCUT2D eigenvalue weighted by Crippen LogP contribution is -1.94. The summed E-state index contributed by atoms with van der Waals surface area (Å²) in [6.07, 6.45) is 6.49. The van der Waals surface area contributed by atoms with Gasteiger partial charge in [-0.3, -0.25) is 0 Å². The summed E-state index contributed by atoms with van der Waals surface area (Å²) < 4.78 is 11.4. The van der Waals surface area contributed by atoms with Gasteiger partial charge in [0.1, 0.15) is 12.5 Å². The molecule has 2 aromatic heterocycles. The molecule has 134 valence electrons. The van der Waals surface area contributed by atoms with Gasteiger partial charge in [-0.2, -0.15) is 0 Å². The Morgan fingerprint density at radius 2 is 1.07 bits per heavy atom. The van der Waals surface area contributed by atoms with Gasteiger partial charge in [0.05, 0.1) is 18.0 Å². The number of hydrogen-bond donors (Lipinski definition) is 0. The minimum atomic E-state index is 0.561. The van der Waals surface area contributed by atoms with Crippen LogP contribution in [-0.2, 0) is 0 Å². The van der Waals surface area contributed by atoms with E-state index in [1.807, 2.05) is 42.5 Å². The molecule has 0 aliphatic rings. The van der Waals surface area contributed by atoms with E-state index < -0.39 is 0 Å². The van der Waals surface area contributed by atoms with Gasteiger partial charge in [0.2, 0.25) is 11.8 Å². The summed E-state index contributed by atoms with van der Waals surface area (Å²) in [5.74, 6) is 1.12. The molecule has 0 saturated carbocycles. The molecule has 0 spiro atoms. The van der Waals surface area contributed by atoms with Gasteiger partial charge in [0, 0.05) is 11.1 Å². The molecule has 0 N–H and O–H groups in total. The van der Waals surface area contributed by atoms with Gasteiger partial charge in [0.15, 0.2) is 0 Å². The maximum absolute atomic E-state index is 5.75.